The normalized spacial score (nSPS) is 11.4. The predicted molar refractivity (Wildman–Crippen MR) is 93.8 cm³/mol. The summed E-state index contributed by atoms with van der Waals surface area (Å²) in [6.07, 6.45) is -4.64. The van der Waals surface area contributed by atoms with Crippen LogP contribution in [0.15, 0.2) is 42.5 Å². The zero-order valence-corrected chi connectivity index (χ0v) is 14.6. The summed E-state index contributed by atoms with van der Waals surface area (Å²) in [6, 6.07) is 10.5. The number of halogens is 3. The maximum atomic E-state index is 13.5. The number of alkyl halides is 3. The van der Waals surface area contributed by atoms with Gasteiger partial charge >= 0.3 is 6.18 Å². The standard InChI is InChI=1S/C19H17F3N2O3/c1-3-27-13-8-9-14(15(25)10-13)17-16(18(24-23-17)19(20,21)22)11-4-6-12(26-2)7-5-11/h4-10,25H,3H2,1-2H3,(H,23,24). The lowest BCUT2D eigenvalue weighted by Gasteiger charge is -2.11. The Kier molecular flexibility index (Phi) is 4.98. The van der Waals surface area contributed by atoms with Crippen molar-refractivity contribution in [1.29, 1.82) is 0 Å². The van der Waals surface area contributed by atoms with Crippen LogP contribution in [0.1, 0.15) is 12.6 Å². The average molecular weight is 378 g/mol. The first-order valence-corrected chi connectivity index (χ1v) is 8.11. The fourth-order valence-corrected chi connectivity index (χ4v) is 2.75. The van der Waals surface area contributed by atoms with Gasteiger partial charge in [-0.3, -0.25) is 5.10 Å². The number of phenolic OH excluding ortho intramolecular Hbond substituents is 1. The van der Waals surface area contributed by atoms with E-state index in [1.165, 1.54) is 31.4 Å². The summed E-state index contributed by atoms with van der Waals surface area (Å²) in [4.78, 5) is 0. The lowest BCUT2D eigenvalue weighted by atomic mass is 9.98. The molecule has 2 N–H and O–H groups in total. The van der Waals surface area contributed by atoms with Crippen molar-refractivity contribution in [2.24, 2.45) is 0 Å². The maximum absolute atomic E-state index is 13.5. The maximum Gasteiger partial charge on any atom is 0.433 e. The van der Waals surface area contributed by atoms with Gasteiger partial charge in [0.1, 0.15) is 28.6 Å². The zero-order chi connectivity index (χ0) is 19.6. The summed E-state index contributed by atoms with van der Waals surface area (Å²) in [6.45, 7) is 2.19. The fraction of sp³-hybridized carbons (Fsp3) is 0.211. The van der Waals surface area contributed by atoms with Gasteiger partial charge in [-0.05, 0) is 36.8 Å². The van der Waals surface area contributed by atoms with Gasteiger partial charge in [0.05, 0.1) is 13.7 Å². The molecule has 0 bridgehead atoms. The Morgan fingerprint density at radius 2 is 1.74 bits per heavy atom. The largest absolute Gasteiger partial charge is 0.507 e. The minimum Gasteiger partial charge on any atom is -0.507 e. The fourth-order valence-electron chi connectivity index (χ4n) is 2.75. The number of aromatic hydroxyl groups is 1. The molecule has 27 heavy (non-hydrogen) atoms. The second-order valence-corrected chi connectivity index (χ2v) is 5.66. The molecule has 1 heterocycles. The minimum atomic E-state index is -4.64. The summed E-state index contributed by atoms with van der Waals surface area (Å²) < 4.78 is 50.8. The highest BCUT2D eigenvalue weighted by molar-refractivity contribution is 5.85. The summed E-state index contributed by atoms with van der Waals surface area (Å²) in [7, 11) is 1.47. The number of methoxy groups -OCH3 is 1. The Morgan fingerprint density at radius 1 is 1.07 bits per heavy atom. The molecule has 0 aliphatic carbocycles. The number of phenols is 1. The molecule has 8 heteroatoms. The number of aromatic nitrogens is 2. The highest BCUT2D eigenvalue weighted by Crippen LogP contribution is 2.43. The van der Waals surface area contributed by atoms with Crippen molar-refractivity contribution in [3.63, 3.8) is 0 Å². The van der Waals surface area contributed by atoms with Crippen LogP contribution in [0.3, 0.4) is 0 Å². The van der Waals surface area contributed by atoms with Gasteiger partial charge in [0.25, 0.3) is 0 Å². The molecule has 0 spiro atoms. The van der Waals surface area contributed by atoms with Crippen LogP contribution in [0, 0.1) is 0 Å². The quantitative estimate of drug-likeness (QED) is 0.664. The van der Waals surface area contributed by atoms with E-state index in [1.807, 2.05) is 0 Å². The average Bonchev–Trinajstić information content (AvgIpc) is 3.07. The molecule has 0 amide bonds. The molecule has 0 fully saturated rings. The Morgan fingerprint density at radius 3 is 2.30 bits per heavy atom. The predicted octanol–water partition coefficient (Wildman–Crippen LogP) is 4.88. The van der Waals surface area contributed by atoms with E-state index < -0.39 is 11.9 Å². The molecular weight excluding hydrogens is 361 g/mol. The second kappa shape index (κ2) is 7.22. The summed E-state index contributed by atoms with van der Waals surface area (Å²) in [5.41, 5.74) is -0.690. The molecule has 0 atom stereocenters. The molecular formula is C19H17F3N2O3. The van der Waals surface area contributed by atoms with Crippen LogP contribution in [0.25, 0.3) is 22.4 Å². The van der Waals surface area contributed by atoms with Crippen LogP contribution in [0.5, 0.6) is 17.2 Å². The number of ether oxygens (including phenoxy) is 2. The van der Waals surface area contributed by atoms with Crippen LogP contribution >= 0.6 is 0 Å². The second-order valence-electron chi connectivity index (χ2n) is 5.66. The van der Waals surface area contributed by atoms with E-state index in [0.29, 0.717) is 23.7 Å². The monoisotopic (exact) mass is 378 g/mol. The third kappa shape index (κ3) is 3.69. The number of aromatic amines is 1. The van der Waals surface area contributed by atoms with Crippen LogP contribution in [0.2, 0.25) is 0 Å². The molecule has 5 nitrogen and oxygen atoms in total. The van der Waals surface area contributed by atoms with Crippen molar-refractivity contribution in [3.8, 4) is 39.6 Å². The van der Waals surface area contributed by atoms with Gasteiger partial charge in [-0.15, -0.1) is 0 Å². The number of H-pyrrole nitrogens is 1. The van der Waals surface area contributed by atoms with Gasteiger partial charge in [-0.25, -0.2) is 0 Å². The first-order valence-electron chi connectivity index (χ1n) is 8.11. The Hall–Kier alpha value is -3.16. The topological polar surface area (TPSA) is 67.4 Å². The molecule has 0 radical (unpaired) electrons. The number of hydrogen-bond acceptors (Lipinski definition) is 4. The van der Waals surface area contributed by atoms with E-state index >= 15 is 0 Å². The number of rotatable bonds is 5. The van der Waals surface area contributed by atoms with Gasteiger partial charge in [-0.2, -0.15) is 18.3 Å². The Bertz CT molecular complexity index is 934. The van der Waals surface area contributed by atoms with Crippen molar-refractivity contribution in [2.75, 3.05) is 13.7 Å². The summed E-state index contributed by atoms with van der Waals surface area (Å²) in [5, 5.41) is 16.2. The highest BCUT2D eigenvalue weighted by atomic mass is 19.4. The van der Waals surface area contributed by atoms with Gasteiger partial charge in [0.2, 0.25) is 0 Å². The molecule has 0 saturated carbocycles. The number of nitrogens with one attached hydrogen (secondary N) is 1. The van der Waals surface area contributed by atoms with Crippen LogP contribution < -0.4 is 9.47 Å². The summed E-state index contributed by atoms with van der Waals surface area (Å²) >= 11 is 0. The first kappa shape index (κ1) is 18.6. The third-order valence-corrected chi connectivity index (χ3v) is 3.96. The molecule has 1 aromatic heterocycles. The number of hydrogen-bond donors (Lipinski definition) is 2. The lowest BCUT2D eigenvalue weighted by molar-refractivity contribution is -0.140. The Balaban J connectivity index is 2.18. The summed E-state index contributed by atoms with van der Waals surface area (Å²) in [5.74, 6) is 0.702. The van der Waals surface area contributed by atoms with Crippen LogP contribution in [-0.4, -0.2) is 29.0 Å². The smallest absolute Gasteiger partial charge is 0.433 e. The molecule has 2 aromatic carbocycles. The van der Waals surface area contributed by atoms with Crippen molar-refractivity contribution in [3.05, 3.63) is 48.2 Å². The van der Waals surface area contributed by atoms with Crippen molar-refractivity contribution in [2.45, 2.75) is 13.1 Å². The van der Waals surface area contributed by atoms with Crippen LogP contribution in [0.4, 0.5) is 13.2 Å². The minimum absolute atomic E-state index is 0.00644. The van der Waals surface area contributed by atoms with Gasteiger partial charge in [-0.1, -0.05) is 12.1 Å². The van der Waals surface area contributed by atoms with Crippen molar-refractivity contribution in [1.82, 2.24) is 10.2 Å². The molecule has 3 aromatic rings. The van der Waals surface area contributed by atoms with E-state index in [0.717, 1.165) is 0 Å². The van der Waals surface area contributed by atoms with E-state index in [2.05, 4.69) is 10.2 Å². The molecule has 0 aliphatic rings. The van der Waals surface area contributed by atoms with Crippen molar-refractivity contribution < 1.29 is 27.8 Å². The van der Waals surface area contributed by atoms with E-state index in [1.54, 1.807) is 25.1 Å². The third-order valence-electron chi connectivity index (χ3n) is 3.96. The van der Waals surface area contributed by atoms with E-state index in [-0.39, 0.29) is 22.6 Å². The first-order chi connectivity index (χ1) is 12.8. The highest BCUT2D eigenvalue weighted by Gasteiger charge is 2.38. The number of nitrogens with zero attached hydrogens (tertiary/aromatic N) is 1. The molecule has 142 valence electrons. The van der Waals surface area contributed by atoms with Gasteiger partial charge in [0, 0.05) is 17.2 Å². The van der Waals surface area contributed by atoms with E-state index in [4.69, 9.17) is 9.47 Å². The molecule has 0 saturated heterocycles. The molecule has 0 unspecified atom stereocenters. The lowest BCUT2D eigenvalue weighted by Crippen LogP contribution is -2.07. The number of benzene rings is 2. The van der Waals surface area contributed by atoms with Gasteiger partial charge < -0.3 is 14.6 Å². The van der Waals surface area contributed by atoms with Crippen LogP contribution in [-0.2, 0) is 6.18 Å². The SMILES string of the molecule is CCOc1ccc(-c2n[nH]c(C(F)(F)F)c2-c2ccc(OC)cc2)c(O)c1. The van der Waals surface area contributed by atoms with Gasteiger partial charge in [0.15, 0.2) is 0 Å². The molecule has 3 rings (SSSR count). The molecule has 0 aliphatic heterocycles. The Labute approximate surface area is 153 Å². The van der Waals surface area contributed by atoms with E-state index in [9.17, 15) is 18.3 Å². The zero-order valence-electron chi connectivity index (χ0n) is 14.6. The van der Waals surface area contributed by atoms with Crippen molar-refractivity contribution >= 4 is 0 Å².